The number of nitrogens with zero attached hydrogens (tertiary/aromatic N) is 3. The number of imidazole rings is 1. The van der Waals surface area contributed by atoms with Crippen molar-refractivity contribution in [3.05, 3.63) is 75.4 Å². The first-order chi connectivity index (χ1) is 19.0. The minimum atomic E-state index is -0.858. The number of hydrogen-bond acceptors (Lipinski definition) is 5. The molecule has 2 aliphatic rings. The van der Waals surface area contributed by atoms with Crippen LogP contribution in [0, 0.1) is 11.7 Å². The lowest BCUT2D eigenvalue weighted by atomic mass is 9.73. The molecule has 0 radical (unpaired) electrons. The number of ether oxygens (including phenoxy) is 1. The van der Waals surface area contributed by atoms with Crippen molar-refractivity contribution in [3.8, 4) is 11.3 Å². The van der Waals surface area contributed by atoms with Gasteiger partial charge in [0.1, 0.15) is 11.9 Å². The van der Waals surface area contributed by atoms with Crippen LogP contribution in [0.5, 0.6) is 0 Å². The van der Waals surface area contributed by atoms with Crippen LogP contribution in [0.15, 0.2) is 42.7 Å². The first-order valence-corrected chi connectivity index (χ1v) is 14.5. The van der Waals surface area contributed by atoms with Crippen molar-refractivity contribution >= 4 is 29.7 Å². The first-order valence-electron chi connectivity index (χ1n) is 13.7. The molecule has 39 heavy (non-hydrogen) atoms. The summed E-state index contributed by atoms with van der Waals surface area (Å²) in [7, 11) is 2.15. The second-order valence-electron chi connectivity index (χ2n) is 10.8. The van der Waals surface area contributed by atoms with E-state index in [4.69, 9.17) is 32.9 Å². The zero-order valence-electron chi connectivity index (χ0n) is 22.2. The van der Waals surface area contributed by atoms with E-state index in [0.717, 1.165) is 87.3 Å². The number of piperazine rings is 1. The highest BCUT2D eigenvalue weighted by molar-refractivity contribution is 6.31. The number of likely N-dealkylation sites (N-methyl/N-ethyl adjacent to an activating group) is 1. The van der Waals surface area contributed by atoms with Crippen molar-refractivity contribution in [1.29, 1.82) is 0 Å². The molecule has 1 aliphatic heterocycles. The van der Waals surface area contributed by atoms with E-state index in [0.29, 0.717) is 11.5 Å². The van der Waals surface area contributed by atoms with Gasteiger partial charge in [-0.1, -0.05) is 60.7 Å². The summed E-state index contributed by atoms with van der Waals surface area (Å²) in [5.41, 5.74) is 3.93. The number of benzene rings is 2. The monoisotopic (exact) mass is 572 g/mol. The Hall–Kier alpha value is -2.45. The molecule has 1 saturated carbocycles. The Morgan fingerprint density at radius 3 is 2.64 bits per heavy atom. The largest absolute Gasteiger partial charge is 0.459 e. The summed E-state index contributed by atoms with van der Waals surface area (Å²) in [5.74, 6) is -0.732. The number of hydrogen-bond donors (Lipinski definition) is 1. The van der Waals surface area contributed by atoms with E-state index in [9.17, 15) is 4.79 Å². The molecule has 1 aromatic heterocycles. The molecule has 2 heterocycles. The van der Waals surface area contributed by atoms with Crippen LogP contribution in [0.25, 0.3) is 11.3 Å². The minimum absolute atomic E-state index is 0.00327. The number of rotatable bonds is 9. The number of carbonyl (C=O) groups excluding carboxylic acids is 1. The molecule has 2 fully saturated rings. The second-order valence-corrected chi connectivity index (χ2v) is 11.6. The molecule has 2 atom stereocenters. The molecule has 2 unspecified atom stereocenters. The van der Waals surface area contributed by atoms with Crippen molar-refractivity contribution in [2.24, 2.45) is 5.92 Å². The highest BCUT2D eigenvalue weighted by Gasteiger charge is 2.39. The Morgan fingerprint density at radius 2 is 1.90 bits per heavy atom. The number of H-pyrrole nitrogens is 1. The Morgan fingerprint density at radius 1 is 1.13 bits per heavy atom. The van der Waals surface area contributed by atoms with E-state index in [1.807, 2.05) is 12.1 Å². The van der Waals surface area contributed by atoms with Gasteiger partial charge in [0.25, 0.3) is 6.47 Å². The standard InChI is InChI=1S/C30H35Cl2FN4O2/c1-36-12-14-37(15-13-36)17-21-10-11-22(31)16-24(21)28-29(35-18-34-28)26(20-6-3-2-4-7-20)30(39-19-38)23-8-5-9-25(32)27(23)33/h5,8-11,16,18-20,26,30H,2-4,6-7,12-15,17H2,1H3,(H,34,35). The van der Waals surface area contributed by atoms with Crippen LogP contribution >= 0.6 is 23.2 Å². The average molecular weight is 574 g/mol. The van der Waals surface area contributed by atoms with Crippen molar-refractivity contribution in [2.75, 3.05) is 33.2 Å². The molecule has 0 bridgehead atoms. The highest BCUT2D eigenvalue weighted by atomic mass is 35.5. The third-order valence-electron chi connectivity index (χ3n) is 8.29. The zero-order chi connectivity index (χ0) is 27.4. The molecule has 1 N–H and O–H groups in total. The number of aromatic nitrogens is 2. The summed E-state index contributed by atoms with van der Waals surface area (Å²) < 4.78 is 21.1. The molecule has 208 valence electrons. The van der Waals surface area contributed by atoms with Gasteiger partial charge in [-0.3, -0.25) is 9.69 Å². The molecule has 5 rings (SSSR count). The summed E-state index contributed by atoms with van der Waals surface area (Å²) in [5, 5.41) is 0.625. The molecule has 9 heteroatoms. The topological polar surface area (TPSA) is 61.5 Å². The number of nitrogens with one attached hydrogen (secondary N) is 1. The maximum atomic E-state index is 15.4. The van der Waals surface area contributed by atoms with Gasteiger partial charge in [-0.2, -0.15) is 0 Å². The molecular formula is C30H35Cl2FN4O2. The van der Waals surface area contributed by atoms with E-state index >= 15 is 4.39 Å². The Balaban J connectivity index is 1.59. The molecule has 6 nitrogen and oxygen atoms in total. The molecule has 0 spiro atoms. The van der Waals surface area contributed by atoms with Gasteiger partial charge in [-0.25, -0.2) is 9.37 Å². The van der Waals surface area contributed by atoms with E-state index in [1.54, 1.807) is 18.5 Å². The highest BCUT2D eigenvalue weighted by Crippen LogP contribution is 2.48. The van der Waals surface area contributed by atoms with Gasteiger partial charge in [0, 0.05) is 54.8 Å². The van der Waals surface area contributed by atoms with Gasteiger partial charge in [0.2, 0.25) is 0 Å². The summed E-state index contributed by atoms with van der Waals surface area (Å²) in [6.45, 7) is 5.21. The van der Waals surface area contributed by atoms with Crippen molar-refractivity contribution in [2.45, 2.75) is 50.7 Å². The molecular weight excluding hydrogens is 538 g/mol. The number of halogens is 3. The second kappa shape index (κ2) is 12.8. The Bertz CT molecular complexity index is 1270. The van der Waals surface area contributed by atoms with Crippen LogP contribution in [0.3, 0.4) is 0 Å². The van der Waals surface area contributed by atoms with Gasteiger partial charge in [-0.15, -0.1) is 0 Å². The van der Waals surface area contributed by atoms with Crippen LogP contribution < -0.4 is 0 Å². The van der Waals surface area contributed by atoms with Crippen molar-refractivity contribution < 1.29 is 13.9 Å². The van der Waals surface area contributed by atoms with Gasteiger partial charge in [-0.05, 0) is 49.6 Å². The fourth-order valence-corrected chi connectivity index (χ4v) is 6.56. The lowest BCUT2D eigenvalue weighted by Crippen LogP contribution is -2.43. The summed E-state index contributed by atoms with van der Waals surface area (Å²) in [6.07, 6.45) is 6.02. The maximum absolute atomic E-state index is 15.4. The van der Waals surface area contributed by atoms with Gasteiger partial charge in [0.15, 0.2) is 0 Å². The van der Waals surface area contributed by atoms with E-state index < -0.39 is 11.9 Å². The summed E-state index contributed by atoms with van der Waals surface area (Å²) >= 11 is 12.7. The summed E-state index contributed by atoms with van der Waals surface area (Å²) in [4.78, 5) is 24.7. The third-order valence-corrected chi connectivity index (χ3v) is 8.82. The van der Waals surface area contributed by atoms with Gasteiger partial charge in [0.05, 0.1) is 22.7 Å². The van der Waals surface area contributed by atoms with Crippen LogP contribution in [0.4, 0.5) is 4.39 Å². The zero-order valence-corrected chi connectivity index (χ0v) is 23.7. The normalized spacial score (nSPS) is 19.1. The first kappa shape index (κ1) is 28.1. The lowest BCUT2D eigenvalue weighted by molar-refractivity contribution is -0.136. The van der Waals surface area contributed by atoms with Crippen molar-refractivity contribution in [1.82, 2.24) is 19.8 Å². The Labute approximate surface area is 239 Å². The molecule has 1 saturated heterocycles. The van der Waals surface area contributed by atoms with E-state index in [2.05, 4.69) is 27.9 Å². The SMILES string of the molecule is CN1CCN(Cc2ccc(Cl)cc2-c2nc[nH]c2C(C2CCCCC2)C(OC=O)c2cccc(Cl)c2F)CC1. The lowest BCUT2D eigenvalue weighted by Gasteiger charge is -2.35. The van der Waals surface area contributed by atoms with Crippen molar-refractivity contribution in [3.63, 3.8) is 0 Å². The average Bonchev–Trinajstić information content (AvgIpc) is 3.42. The van der Waals surface area contributed by atoms with Gasteiger partial charge >= 0.3 is 0 Å². The predicted molar refractivity (Wildman–Crippen MR) is 152 cm³/mol. The van der Waals surface area contributed by atoms with Crippen LogP contribution in [0.1, 0.15) is 60.9 Å². The fourth-order valence-electron chi connectivity index (χ4n) is 6.21. The van der Waals surface area contributed by atoms with Crippen LogP contribution in [-0.4, -0.2) is 59.5 Å². The predicted octanol–water partition coefficient (Wildman–Crippen LogP) is 6.85. The smallest absolute Gasteiger partial charge is 0.293 e. The van der Waals surface area contributed by atoms with E-state index in [1.165, 1.54) is 6.07 Å². The minimum Gasteiger partial charge on any atom is -0.459 e. The van der Waals surface area contributed by atoms with E-state index in [-0.39, 0.29) is 22.4 Å². The quantitative estimate of drug-likeness (QED) is 0.284. The molecule has 1 aliphatic carbocycles. The van der Waals surface area contributed by atoms with Crippen LogP contribution in [0.2, 0.25) is 10.0 Å². The Kier molecular flexibility index (Phi) is 9.23. The molecule has 3 aromatic rings. The molecule has 2 aromatic carbocycles. The third kappa shape index (κ3) is 6.32. The fraction of sp³-hybridized carbons (Fsp3) is 0.467. The number of carbonyl (C=O) groups is 1. The summed E-state index contributed by atoms with van der Waals surface area (Å²) in [6, 6.07) is 10.8. The molecule has 0 amide bonds. The van der Waals surface area contributed by atoms with Gasteiger partial charge < -0.3 is 14.6 Å². The maximum Gasteiger partial charge on any atom is 0.293 e. The van der Waals surface area contributed by atoms with Crippen LogP contribution in [-0.2, 0) is 16.1 Å². The number of aromatic amines is 1.